The van der Waals surface area contributed by atoms with Gasteiger partial charge in [0.1, 0.15) is 6.54 Å². The molecule has 178 valence electrons. The summed E-state index contributed by atoms with van der Waals surface area (Å²) >= 11 is 1.32. The summed E-state index contributed by atoms with van der Waals surface area (Å²) in [6, 6.07) is 19.1. The van der Waals surface area contributed by atoms with E-state index in [1.54, 1.807) is 4.90 Å². The van der Waals surface area contributed by atoms with Gasteiger partial charge in [-0.05, 0) is 74.2 Å². The fourth-order valence-electron chi connectivity index (χ4n) is 4.78. The van der Waals surface area contributed by atoms with Crippen molar-refractivity contribution in [2.45, 2.75) is 32.6 Å². The third-order valence-electron chi connectivity index (χ3n) is 6.78. The first kappa shape index (κ1) is 23.2. The molecule has 3 aromatic carbocycles. The zero-order valence-corrected chi connectivity index (χ0v) is 21.0. The molecule has 1 atom stereocenters. The predicted molar refractivity (Wildman–Crippen MR) is 141 cm³/mol. The molecule has 2 heterocycles. The number of hydrogen-bond acceptors (Lipinski definition) is 4. The SMILES string of the molecule is Cc1ccc(C)c(NC(=O)CN2C(=O)[C@@]3(SCC(=O)N3c3ccc(C)c(C)c3)c3ccccc32)c1. The average molecular weight is 486 g/mol. The maximum absolute atomic E-state index is 14.1. The Morgan fingerprint density at radius 2 is 1.69 bits per heavy atom. The van der Waals surface area contributed by atoms with Gasteiger partial charge in [-0.3, -0.25) is 24.2 Å². The first-order chi connectivity index (χ1) is 16.7. The van der Waals surface area contributed by atoms with Crippen LogP contribution in [0.2, 0.25) is 0 Å². The number of rotatable bonds is 4. The zero-order valence-electron chi connectivity index (χ0n) is 20.2. The van der Waals surface area contributed by atoms with E-state index in [1.807, 2.05) is 88.4 Å². The molecule has 3 aromatic rings. The molecule has 1 saturated heterocycles. The van der Waals surface area contributed by atoms with Gasteiger partial charge < -0.3 is 5.32 Å². The van der Waals surface area contributed by atoms with E-state index in [1.165, 1.54) is 16.7 Å². The van der Waals surface area contributed by atoms with Crippen LogP contribution in [0, 0.1) is 27.7 Å². The van der Waals surface area contributed by atoms with Crippen molar-refractivity contribution in [2.24, 2.45) is 0 Å². The first-order valence-corrected chi connectivity index (χ1v) is 12.5. The third kappa shape index (κ3) is 3.71. The molecule has 1 N–H and O–H groups in total. The Hall–Kier alpha value is -3.58. The monoisotopic (exact) mass is 485 g/mol. The van der Waals surface area contributed by atoms with Crippen molar-refractivity contribution in [1.29, 1.82) is 0 Å². The molecule has 7 heteroatoms. The second-order valence-electron chi connectivity index (χ2n) is 9.21. The lowest BCUT2D eigenvalue weighted by Crippen LogP contribution is -2.51. The predicted octanol–water partition coefficient (Wildman–Crippen LogP) is 4.84. The lowest BCUT2D eigenvalue weighted by molar-refractivity contribution is -0.124. The minimum Gasteiger partial charge on any atom is -0.324 e. The molecule has 5 rings (SSSR count). The summed E-state index contributed by atoms with van der Waals surface area (Å²) in [6.07, 6.45) is 0. The third-order valence-corrected chi connectivity index (χ3v) is 8.17. The van der Waals surface area contributed by atoms with Crippen molar-refractivity contribution in [1.82, 2.24) is 0 Å². The van der Waals surface area contributed by atoms with Gasteiger partial charge in [-0.15, -0.1) is 11.8 Å². The summed E-state index contributed by atoms with van der Waals surface area (Å²) < 4.78 is 0. The van der Waals surface area contributed by atoms with Crippen molar-refractivity contribution < 1.29 is 14.4 Å². The zero-order chi connectivity index (χ0) is 24.9. The summed E-state index contributed by atoms with van der Waals surface area (Å²) in [5.41, 5.74) is 6.96. The molecule has 0 radical (unpaired) electrons. The number of carbonyl (C=O) groups excluding carboxylic acids is 3. The van der Waals surface area contributed by atoms with E-state index in [2.05, 4.69) is 5.32 Å². The fourth-order valence-corrected chi connectivity index (χ4v) is 6.14. The normalized spacial score (nSPS) is 19.0. The second-order valence-corrected chi connectivity index (χ2v) is 10.4. The topological polar surface area (TPSA) is 69.7 Å². The van der Waals surface area contributed by atoms with Crippen LogP contribution in [0.1, 0.15) is 27.8 Å². The van der Waals surface area contributed by atoms with Crippen LogP contribution in [-0.4, -0.2) is 30.0 Å². The number of para-hydroxylation sites is 1. The van der Waals surface area contributed by atoms with E-state index in [0.717, 1.165) is 33.5 Å². The minimum atomic E-state index is -1.23. The molecule has 0 aromatic heterocycles. The standard InChI is InChI=1S/C28H27N3O3S/c1-17-9-10-19(3)23(13-17)29-25(32)15-30-24-8-6-5-7-22(24)28(27(30)34)31(26(33)16-35-28)21-12-11-18(2)20(4)14-21/h5-14H,15-16H2,1-4H3,(H,29,32)/t28-/m0/s1. The molecule has 2 aliphatic heterocycles. The van der Waals surface area contributed by atoms with E-state index in [4.69, 9.17) is 0 Å². The smallest absolute Gasteiger partial charge is 0.269 e. The van der Waals surface area contributed by atoms with Gasteiger partial charge in [0.15, 0.2) is 0 Å². The molecule has 0 saturated carbocycles. The molecule has 2 aliphatic rings. The highest BCUT2D eigenvalue weighted by Gasteiger charge is 2.61. The maximum atomic E-state index is 14.1. The van der Waals surface area contributed by atoms with Gasteiger partial charge in [0, 0.05) is 16.9 Å². The molecule has 1 fully saturated rings. The lowest BCUT2D eigenvalue weighted by Gasteiger charge is -2.33. The van der Waals surface area contributed by atoms with E-state index >= 15 is 0 Å². The number of hydrogen-bond donors (Lipinski definition) is 1. The quantitative estimate of drug-likeness (QED) is 0.574. The van der Waals surface area contributed by atoms with Crippen molar-refractivity contribution in [3.63, 3.8) is 0 Å². The average Bonchev–Trinajstić information content (AvgIpc) is 3.29. The Bertz CT molecular complexity index is 1390. The van der Waals surface area contributed by atoms with Crippen molar-refractivity contribution in [2.75, 3.05) is 27.4 Å². The number of nitrogens with zero attached hydrogens (tertiary/aromatic N) is 2. The van der Waals surface area contributed by atoms with E-state index in [0.29, 0.717) is 11.4 Å². The second kappa shape index (κ2) is 8.57. The van der Waals surface area contributed by atoms with Gasteiger partial charge in [-0.2, -0.15) is 0 Å². The molecule has 0 aliphatic carbocycles. The molecule has 6 nitrogen and oxygen atoms in total. The largest absolute Gasteiger partial charge is 0.324 e. The van der Waals surface area contributed by atoms with Crippen LogP contribution in [0.5, 0.6) is 0 Å². The van der Waals surface area contributed by atoms with Gasteiger partial charge in [0.25, 0.3) is 5.91 Å². The number of fused-ring (bicyclic) bond motifs is 2. The Morgan fingerprint density at radius 1 is 0.943 bits per heavy atom. The van der Waals surface area contributed by atoms with Crippen LogP contribution in [0.15, 0.2) is 60.7 Å². The number of carbonyl (C=O) groups is 3. The van der Waals surface area contributed by atoms with Gasteiger partial charge in [0.05, 0.1) is 11.4 Å². The maximum Gasteiger partial charge on any atom is 0.269 e. The van der Waals surface area contributed by atoms with E-state index in [9.17, 15) is 14.4 Å². The fraction of sp³-hybridized carbons (Fsp3) is 0.250. The number of benzene rings is 3. The number of nitrogens with one attached hydrogen (secondary N) is 1. The van der Waals surface area contributed by atoms with Gasteiger partial charge in [-0.1, -0.05) is 36.4 Å². The Morgan fingerprint density at radius 3 is 2.46 bits per heavy atom. The van der Waals surface area contributed by atoms with Crippen molar-refractivity contribution >= 4 is 46.5 Å². The van der Waals surface area contributed by atoms with Crippen LogP contribution >= 0.6 is 11.8 Å². The molecule has 3 amide bonds. The summed E-state index contributed by atoms with van der Waals surface area (Å²) in [6.45, 7) is 7.77. The Kier molecular flexibility index (Phi) is 5.68. The van der Waals surface area contributed by atoms with Crippen LogP contribution < -0.4 is 15.1 Å². The van der Waals surface area contributed by atoms with E-state index < -0.39 is 4.87 Å². The number of anilines is 3. The first-order valence-electron chi connectivity index (χ1n) is 11.5. The van der Waals surface area contributed by atoms with Crippen molar-refractivity contribution in [3.8, 4) is 0 Å². The summed E-state index contributed by atoms with van der Waals surface area (Å²) in [4.78, 5) is 42.3. The molecule has 35 heavy (non-hydrogen) atoms. The Balaban J connectivity index is 1.52. The minimum absolute atomic E-state index is 0.122. The molecular weight excluding hydrogens is 458 g/mol. The highest BCUT2D eigenvalue weighted by molar-refractivity contribution is 8.02. The molecule has 0 bridgehead atoms. The summed E-state index contributed by atoms with van der Waals surface area (Å²) in [5.74, 6) is -0.492. The van der Waals surface area contributed by atoms with Crippen molar-refractivity contribution in [3.05, 3.63) is 88.5 Å². The van der Waals surface area contributed by atoms with E-state index in [-0.39, 0.29) is 30.0 Å². The van der Waals surface area contributed by atoms with Crippen LogP contribution in [0.4, 0.5) is 17.1 Å². The molecule has 0 unspecified atom stereocenters. The number of amides is 3. The molecule has 1 spiro atoms. The van der Waals surface area contributed by atoms with Gasteiger partial charge in [-0.25, -0.2) is 0 Å². The van der Waals surface area contributed by atoms with Gasteiger partial charge in [0.2, 0.25) is 16.7 Å². The Labute approximate surface area is 209 Å². The highest BCUT2D eigenvalue weighted by atomic mass is 32.2. The summed E-state index contributed by atoms with van der Waals surface area (Å²) in [5, 5.41) is 2.95. The highest BCUT2D eigenvalue weighted by Crippen LogP contribution is 2.55. The number of thioether (sulfide) groups is 1. The molecular formula is C28H27N3O3S. The lowest BCUT2D eigenvalue weighted by atomic mass is 10.0. The van der Waals surface area contributed by atoms with Gasteiger partial charge >= 0.3 is 0 Å². The van der Waals surface area contributed by atoms with Crippen LogP contribution in [0.25, 0.3) is 0 Å². The van der Waals surface area contributed by atoms with Crippen LogP contribution in [0.3, 0.4) is 0 Å². The van der Waals surface area contributed by atoms with Crippen LogP contribution in [-0.2, 0) is 19.3 Å². The summed E-state index contributed by atoms with van der Waals surface area (Å²) in [7, 11) is 0. The number of aryl methyl sites for hydroxylation is 4.